The number of hydrogen-bond donors (Lipinski definition) is 2. The van der Waals surface area contributed by atoms with Crippen molar-refractivity contribution in [2.45, 2.75) is 25.5 Å². The van der Waals surface area contributed by atoms with Crippen LogP contribution in [0.2, 0.25) is 10.0 Å². The van der Waals surface area contributed by atoms with Crippen molar-refractivity contribution in [3.63, 3.8) is 0 Å². The molecule has 0 bridgehead atoms. The highest BCUT2D eigenvalue weighted by Crippen LogP contribution is 2.28. The summed E-state index contributed by atoms with van der Waals surface area (Å²) < 4.78 is 16.2. The smallest absolute Gasteiger partial charge is 0.262 e. The van der Waals surface area contributed by atoms with Crippen LogP contribution in [0, 0.1) is 0 Å². The molecule has 3 aromatic carbocycles. The molecule has 0 saturated heterocycles. The summed E-state index contributed by atoms with van der Waals surface area (Å²) in [5.41, 5.74) is 3.95. The Balaban J connectivity index is 1.72. The van der Waals surface area contributed by atoms with E-state index in [1.165, 1.54) is 19.4 Å². The normalized spacial score (nSPS) is 12.5. The standard InChI is InChI=1S/C27H27Cl2N3O5/c1-17(37-25-11-9-20(28)15-22(25)29)26(33)31-23(13-18-7-5-4-6-8-18)27(34)32-30-16-19-14-21(35-2)10-12-24(19)36-3/h4-12,14-17,23H,13H2,1-3H3,(H,31,33)(H,32,34)/b30-16-/t17-,23+/m1/s1. The third-order valence-electron chi connectivity index (χ3n) is 5.30. The predicted octanol–water partition coefficient (Wildman–Crippen LogP) is 4.66. The van der Waals surface area contributed by atoms with Crippen LogP contribution in [0.4, 0.5) is 0 Å². The van der Waals surface area contributed by atoms with Crippen molar-refractivity contribution in [2.24, 2.45) is 5.10 Å². The number of nitrogens with zero attached hydrogens (tertiary/aromatic N) is 1. The first kappa shape index (κ1) is 27.8. The maximum atomic E-state index is 13.1. The molecule has 8 nitrogen and oxygen atoms in total. The molecule has 2 N–H and O–H groups in total. The summed E-state index contributed by atoms with van der Waals surface area (Å²) in [5.74, 6) is 0.458. The number of hydrazone groups is 1. The van der Waals surface area contributed by atoms with Gasteiger partial charge in [-0.15, -0.1) is 0 Å². The molecule has 2 atom stereocenters. The van der Waals surface area contributed by atoms with Crippen LogP contribution in [0.3, 0.4) is 0 Å². The monoisotopic (exact) mass is 543 g/mol. The lowest BCUT2D eigenvalue weighted by atomic mass is 10.1. The Hall–Kier alpha value is -3.75. The first-order valence-corrected chi connectivity index (χ1v) is 12.1. The average molecular weight is 544 g/mol. The second kappa shape index (κ2) is 13.5. The first-order chi connectivity index (χ1) is 17.8. The molecule has 2 amide bonds. The molecule has 3 rings (SSSR count). The van der Waals surface area contributed by atoms with Crippen LogP contribution in [0.15, 0.2) is 71.8 Å². The summed E-state index contributed by atoms with van der Waals surface area (Å²) >= 11 is 12.1. The van der Waals surface area contributed by atoms with E-state index in [0.29, 0.717) is 27.8 Å². The van der Waals surface area contributed by atoms with Gasteiger partial charge in [0.15, 0.2) is 6.10 Å². The van der Waals surface area contributed by atoms with Crippen molar-refractivity contribution in [1.29, 1.82) is 0 Å². The van der Waals surface area contributed by atoms with E-state index in [4.69, 9.17) is 37.4 Å². The minimum Gasteiger partial charge on any atom is -0.497 e. The number of benzene rings is 3. The molecule has 0 heterocycles. The Morgan fingerprint density at radius 1 is 0.946 bits per heavy atom. The highest BCUT2D eigenvalue weighted by molar-refractivity contribution is 6.35. The molecule has 0 aliphatic rings. The van der Waals surface area contributed by atoms with Crippen molar-refractivity contribution in [2.75, 3.05) is 14.2 Å². The molecule has 10 heteroatoms. The SMILES string of the molecule is COc1ccc(OC)c(/C=N\NC(=O)[C@H](Cc2ccccc2)NC(=O)[C@@H](C)Oc2ccc(Cl)cc2Cl)c1. The lowest BCUT2D eigenvalue weighted by Gasteiger charge is -2.21. The Morgan fingerprint density at radius 3 is 2.35 bits per heavy atom. The van der Waals surface area contributed by atoms with Crippen LogP contribution in [-0.4, -0.2) is 44.4 Å². The lowest BCUT2D eigenvalue weighted by Crippen LogP contribution is -2.50. The number of rotatable bonds is 11. The van der Waals surface area contributed by atoms with E-state index in [2.05, 4.69) is 15.8 Å². The van der Waals surface area contributed by atoms with Gasteiger partial charge in [-0.05, 0) is 48.9 Å². The van der Waals surface area contributed by atoms with Gasteiger partial charge in [0, 0.05) is 17.0 Å². The quantitative estimate of drug-likeness (QED) is 0.271. The van der Waals surface area contributed by atoms with Gasteiger partial charge in [0.1, 0.15) is 23.3 Å². The zero-order valence-corrected chi connectivity index (χ0v) is 22.0. The fourth-order valence-corrected chi connectivity index (χ4v) is 3.80. The van der Waals surface area contributed by atoms with Crippen LogP contribution in [0.25, 0.3) is 0 Å². The molecule has 37 heavy (non-hydrogen) atoms. The van der Waals surface area contributed by atoms with Crippen molar-refractivity contribution < 1.29 is 23.8 Å². The van der Waals surface area contributed by atoms with Crippen LogP contribution < -0.4 is 25.0 Å². The number of amides is 2. The van der Waals surface area contributed by atoms with Gasteiger partial charge < -0.3 is 19.5 Å². The molecule has 0 unspecified atom stereocenters. The molecular weight excluding hydrogens is 517 g/mol. The highest BCUT2D eigenvalue weighted by Gasteiger charge is 2.25. The van der Waals surface area contributed by atoms with Gasteiger partial charge in [-0.2, -0.15) is 5.10 Å². The number of ether oxygens (including phenoxy) is 3. The second-order valence-electron chi connectivity index (χ2n) is 7.93. The van der Waals surface area contributed by atoms with Gasteiger partial charge in [0.2, 0.25) is 0 Å². The Bertz CT molecular complexity index is 1250. The van der Waals surface area contributed by atoms with Gasteiger partial charge >= 0.3 is 0 Å². The van der Waals surface area contributed by atoms with Gasteiger partial charge in [0.25, 0.3) is 11.8 Å². The van der Waals surface area contributed by atoms with Crippen molar-refractivity contribution in [3.05, 3.63) is 87.9 Å². The van der Waals surface area contributed by atoms with Crippen molar-refractivity contribution >= 4 is 41.2 Å². The Labute approximate surface area is 225 Å². The van der Waals surface area contributed by atoms with E-state index in [1.807, 2.05) is 30.3 Å². The summed E-state index contributed by atoms with van der Waals surface area (Å²) in [4.78, 5) is 26.0. The average Bonchev–Trinajstić information content (AvgIpc) is 2.90. The van der Waals surface area contributed by atoms with Crippen LogP contribution >= 0.6 is 23.2 Å². The largest absolute Gasteiger partial charge is 0.497 e. The van der Waals surface area contributed by atoms with Crippen molar-refractivity contribution in [1.82, 2.24) is 10.7 Å². The zero-order chi connectivity index (χ0) is 26.8. The molecular formula is C27H27Cl2N3O5. The minimum atomic E-state index is -0.936. The third-order valence-corrected chi connectivity index (χ3v) is 5.83. The van der Waals surface area contributed by atoms with Gasteiger partial charge in [-0.25, -0.2) is 5.43 Å². The van der Waals surface area contributed by atoms with E-state index in [1.54, 1.807) is 44.4 Å². The number of halogens is 2. The van der Waals surface area contributed by atoms with Gasteiger partial charge in [0.05, 0.1) is 25.5 Å². The first-order valence-electron chi connectivity index (χ1n) is 11.3. The molecule has 0 aromatic heterocycles. The summed E-state index contributed by atoms with van der Waals surface area (Å²) in [5, 5.41) is 7.51. The molecule has 3 aromatic rings. The Kier molecular flexibility index (Phi) is 10.2. The Morgan fingerprint density at radius 2 is 1.68 bits per heavy atom. The molecule has 194 valence electrons. The summed E-state index contributed by atoms with van der Waals surface area (Å²) in [6.07, 6.45) is 0.744. The number of hydrogen-bond acceptors (Lipinski definition) is 6. The molecule has 0 aliphatic heterocycles. The van der Waals surface area contributed by atoms with Crippen LogP contribution in [0.5, 0.6) is 17.2 Å². The van der Waals surface area contributed by atoms with Gasteiger partial charge in [-0.3, -0.25) is 9.59 Å². The molecule has 0 saturated carbocycles. The topological polar surface area (TPSA) is 98.3 Å². The summed E-state index contributed by atoms with van der Waals surface area (Å²) in [6, 6.07) is 18.3. The van der Waals surface area contributed by atoms with E-state index < -0.39 is 24.0 Å². The summed E-state index contributed by atoms with van der Waals surface area (Å²) in [7, 11) is 3.08. The van der Waals surface area contributed by atoms with Crippen LogP contribution in [-0.2, 0) is 16.0 Å². The zero-order valence-electron chi connectivity index (χ0n) is 20.5. The predicted molar refractivity (Wildman–Crippen MR) is 144 cm³/mol. The number of nitrogens with one attached hydrogen (secondary N) is 2. The summed E-state index contributed by atoms with van der Waals surface area (Å²) in [6.45, 7) is 1.56. The fourth-order valence-electron chi connectivity index (χ4n) is 3.35. The van der Waals surface area contributed by atoms with Gasteiger partial charge in [-0.1, -0.05) is 53.5 Å². The number of carbonyl (C=O) groups is 2. The van der Waals surface area contributed by atoms with E-state index in [0.717, 1.165) is 5.56 Å². The minimum absolute atomic E-state index is 0.241. The van der Waals surface area contributed by atoms with E-state index >= 15 is 0 Å². The molecule has 0 aliphatic carbocycles. The van der Waals surface area contributed by atoms with Crippen LogP contribution in [0.1, 0.15) is 18.1 Å². The maximum Gasteiger partial charge on any atom is 0.262 e. The van der Waals surface area contributed by atoms with E-state index in [-0.39, 0.29) is 11.4 Å². The van der Waals surface area contributed by atoms with Crippen molar-refractivity contribution in [3.8, 4) is 17.2 Å². The van der Waals surface area contributed by atoms with E-state index in [9.17, 15) is 9.59 Å². The third kappa shape index (κ3) is 8.13. The maximum absolute atomic E-state index is 13.1. The highest BCUT2D eigenvalue weighted by atomic mass is 35.5. The lowest BCUT2D eigenvalue weighted by molar-refractivity contribution is -0.132. The second-order valence-corrected chi connectivity index (χ2v) is 8.77. The number of methoxy groups -OCH3 is 2. The fraction of sp³-hybridized carbons (Fsp3) is 0.222. The molecule has 0 radical (unpaired) electrons. The molecule has 0 spiro atoms. The molecule has 0 fully saturated rings. The number of carbonyl (C=O) groups excluding carboxylic acids is 2.